The second kappa shape index (κ2) is 8.81. The van der Waals surface area contributed by atoms with Crippen LogP contribution < -0.4 is 5.32 Å². The van der Waals surface area contributed by atoms with Gasteiger partial charge in [0.2, 0.25) is 5.91 Å². The molecule has 128 valence electrons. The molecule has 0 radical (unpaired) electrons. The number of amides is 1. The van der Waals surface area contributed by atoms with E-state index in [-0.39, 0.29) is 12.2 Å². The number of rotatable bonds is 7. The quantitative estimate of drug-likeness (QED) is 0.793. The predicted octanol–water partition coefficient (Wildman–Crippen LogP) is 3.43. The fraction of sp³-hybridized carbons (Fsp3) is 0.450. The lowest BCUT2D eigenvalue weighted by Crippen LogP contribution is -2.30. The van der Waals surface area contributed by atoms with Gasteiger partial charge in [-0.25, -0.2) is 0 Å². The molecule has 1 aliphatic rings. The first-order valence-electron chi connectivity index (χ1n) is 8.79. The highest BCUT2D eigenvalue weighted by molar-refractivity contribution is 5.86. The first-order chi connectivity index (χ1) is 11.8. The van der Waals surface area contributed by atoms with Crippen molar-refractivity contribution < 1.29 is 14.3 Å². The highest BCUT2D eigenvalue weighted by atomic mass is 16.7. The van der Waals surface area contributed by atoms with Crippen molar-refractivity contribution in [3.05, 3.63) is 48.0 Å². The van der Waals surface area contributed by atoms with Gasteiger partial charge in [-0.15, -0.1) is 0 Å². The SMILES string of the molecule is O=C(CCc1cccc2ccccc12)NCCOC1CCCCO1. The molecule has 1 aliphatic heterocycles. The normalized spacial score (nSPS) is 17.8. The molecular weight excluding hydrogens is 302 g/mol. The van der Waals surface area contributed by atoms with E-state index in [1.807, 2.05) is 18.2 Å². The van der Waals surface area contributed by atoms with Crippen molar-refractivity contribution in [1.29, 1.82) is 0 Å². The van der Waals surface area contributed by atoms with E-state index in [1.165, 1.54) is 16.3 Å². The van der Waals surface area contributed by atoms with Crippen LogP contribution in [-0.4, -0.2) is 32.0 Å². The lowest BCUT2D eigenvalue weighted by atomic mass is 10.0. The molecule has 2 aromatic rings. The Morgan fingerprint density at radius 3 is 2.92 bits per heavy atom. The molecule has 1 N–H and O–H groups in total. The molecule has 0 aliphatic carbocycles. The Balaban J connectivity index is 1.39. The Bertz CT molecular complexity index is 659. The summed E-state index contributed by atoms with van der Waals surface area (Å²) in [6.45, 7) is 1.82. The number of fused-ring (bicyclic) bond motifs is 1. The van der Waals surface area contributed by atoms with Crippen LogP contribution in [-0.2, 0) is 20.7 Å². The van der Waals surface area contributed by atoms with Crippen LogP contribution in [0.4, 0.5) is 0 Å². The van der Waals surface area contributed by atoms with Crippen LogP contribution in [0.15, 0.2) is 42.5 Å². The van der Waals surface area contributed by atoms with Crippen molar-refractivity contribution in [3.63, 3.8) is 0 Å². The summed E-state index contributed by atoms with van der Waals surface area (Å²) in [4.78, 5) is 12.0. The van der Waals surface area contributed by atoms with Crippen LogP contribution in [0, 0.1) is 0 Å². The van der Waals surface area contributed by atoms with Crippen LogP contribution in [0.1, 0.15) is 31.2 Å². The third-order valence-electron chi connectivity index (χ3n) is 4.37. The molecular formula is C20H25NO3. The smallest absolute Gasteiger partial charge is 0.220 e. The van der Waals surface area contributed by atoms with E-state index < -0.39 is 0 Å². The van der Waals surface area contributed by atoms with Crippen LogP contribution in [0.25, 0.3) is 10.8 Å². The van der Waals surface area contributed by atoms with Gasteiger partial charge in [-0.1, -0.05) is 42.5 Å². The van der Waals surface area contributed by atoms with E-state index in [4.69, 9.17) is 9.47 Å². The van der Waals surface area contributed by atoms with Gasteiger partial charge in [-0.05, 0) is 42.0 Å². The van der Waals surface area contributed by atoms with Crippen molar-refractivity contribution in [2.45, 2.75) is 38.4 Å². The van der Waals surface area contributed by atoms with E-state index in [2.05, 4.69) is 29.6 Å². The van der Waals surface area contributed by atoms with E-state index in [9.17, 15) is 4.79 Å². The molecule has 1 fully saturated rings. The van der Waals surface area contributed by atoms with Gasteiger partial charge >= 0.3 is 0 Å². The second-order valence-electron chi connectivity index (χ2n) is 6.16. The number of carbonyl (C=O) groups is 1. The highest BCUT2D eigenvalue weighted by Gasteiger charge is 2.13. The fourth-order valence-corrected chi connectivity index (χ4v) is 3.07. The van der Waals surface area contributed by atoms with Gasteiger partial charge in [0.1, 0.15) is 0 Å². The molecule has 4 nitrogen and oxygen atoms in total. The molecule has 1 unspecified atom stereocenters. The zero-order chi connectivity index (χ0) is 16.6. The standard InChI is InChI=1S/C20H25NO3/c22-19(21-13-15-24-20-10-3-4-14-23-20)12-11-17-8-5-7-16-6-1-2-9-18(16)17/h1-2,5-9,20H,3-4,10-15H2,(H,21,22). The van der Waals surface area contributed by atoms with Crippen LogP contribution in [0.5, 0.6) is 0 Å². The number of carbonyl (C=O) groups excluding carboxylic acids is 1. The fourth-order valence-electron chi connectivity index (χ4n) is 3.07. The lowest BCUT2D eigenvalue weighted by molar-refractivity contribution is -0.161. The van der Waals surface area contributed by atoms with Crippen molar-refractivity contribution in [1.82, 2.24) is 5.32 Å². The highest BCUT2D eigenvalue weighted by Crippen LogP contribution is 2.19. The maximum Gasteiger partial charge on any atom is 0.220 e. The summed E-state index contributed by atoms with van der Waals surface area (Å²) in [6, 6.07) is 14.5. The van der Waals surface area contributed by atoms with Gasteiger partial charge in [0.05, 0.1) is 6.61 Å². The zero-order valence-corrected chi connectivity index (χ0v) is 14.0. The van der Waals surface area contributed by atoms with Gasteiger partial charge in [0, 0.05) is 19.6 Å². The minimum absolute atomic E-state index is 0.0658. The minimum Gasteiger partial charge on any atom is -0.354 e. The Morgan fingerprint density at radius 1 is 1.17 bits per heavy atom. The summed E-state index contributed by atoms with van der Waals surface area (Å²) >= 11 is 0. The molecule has 0 spiro atoms. The molecule has 0 aromatic heterocycles. The van der Waals surface area contributed by atoms with Crippen molar-refractivity contribution in [2.24, 2.45) is 0 Å². The molecule has 3 rings (SSSR count). The van der Waals surface area contributed by atoms with Crippen LogP contribution in [0.3, 0.4) is 0 Å². The molecule has 0 bridgehead atoms. The Hall–Kier alpha value is -1.91. The molecule has 1 heterocycles. The third-order valence-corrected chi connectivity index (χ3v) is 4.37. The summed E-state index contributed by atoms with van der Waals surface area (Å²) in [5.41, 5.74) is 1.22. The Kier molecular flexibility index (Phi) is 6.21. The van der Waals surface area contributed by atoms with Gasteiger partial charge in [-0.2, -0.15) is 0 Å². The number of nitrogens with one attached hydrogen (secondary N) is 1. The van der Waals surface area contributed by atoms with Crippen molar-refractivity contribution in [3.8, 4) is 0 Å². The van der Waals surface area contributed by atoms with Gasteiger partial charge < -0.3 is 14.8 Å². The number of ether oxygens (including phenoxy) is 2. The number of aryl methyl sites for hydroxylation is 1. The molecule has 4 heteroatoms. The first kappa shape index (κ1) is 16.9. The van der Waals surface area contributed by atoms with E-state index in [1.54, 1.807) is 0 Å². The van der Waals surface area contributed by atoms with Gasteiger partial charge in [-0.3, -0.25) is 4.79 Å². The topological polar surface area (TPSA) is 47.6 Å². The third kappa shape index (κ3) is 4.79. The summed E-state index contributed by atoms with van der Waals surface area (Å²) in [5.74, 6) is 0.0658. The summed E-state index contributed by atoms with van der Waals surface area (Å²) < 4.78 is 11.1. The first-order valence-corrected chi connectivity index (χ1v) is 8.79. The average Bonchev–Trinajstić information content (AvgIpc) is 2.64. The maximum absolute atomic E-state index is 12.0. The molecule has 0 saturated carbocycles. The second-order valence-corrected chi connectivity index (χ2v) is 6.16. The minimum atomic E-state index is -0.0914. The van der Waals surface area contributed by atoms with E-state index in [0.717, 1.165) is 32.3 Å². The van der Waals surface area contributed by atoms with E-state index >= 15 is 0 Å². The predicted molar refractivity (Wildman–Crippen MR) is 94.8 cm³/mol. The summed E-state index contributed by atoms with van der Waals surface area (Å²) in [6.07, 6.45) is 4.38. The lowest BCUT2D eigenvalue weighted by Gasteiger charge is -2.22. The number of benzene rings is 2. The van der Waals surface area contributed by atoms with E-state index in [0.29, 0.717) is 19.6 Å². The zero-order valence-electron chi connectivity index (χ0n) is 14.0. The van der Waals surface area contributed by atoms with Gasteiger partial charge in [0.15, 0.2) is 6.29 Å². The number of hydrogen-bond donors (Lipinski definition) is 1. The van der Waals surface area contributed by atoms with Gasteiger partial charge in [0.25, 0.3) is 0 Å². The molecule has 1 saturated heterocycles. The number of hydrogen-bond acceptors (Lipinski definition) is 3. The van der Waals surface area contributed by atoms with Crippen molar-refractivity contribution >= 4 is 16.7 Å². The molecule has 2 aromatic carbocycles. The maximum atomic E-state index is 12.0. The largest absolute Gasteiger partial charge is 0.354 e. The summed E-state index contributed by atoms with van der Waals surface area (Å²) in [7, 11) is 0. The monoisotopic (exact) mass is 327 g/mol. The Morgan fingerprint density at radius 2 is 2.04 bits per heavy atom. The molecule has 24 heavy (non-hydrogen) atoms. The molecule has 1 amide bonds. The Labute approximate surface area is 143 Å². The molecule has 1 atom stereocenters. The van der Waals surface area contributed by atoms with Crippen LogP contribution >= 0.6 is 0 Å². The van der Waals surface area contributed by atoms with Crippen LogP contribution in [0.2, 0.25) is 0 Å². The summed E-state index contributed by atoms with van der Waals surface area (Å²) in [5, 5.41) is 5.37. The van der Waals surface area contributed by atoms with Crippen molar-refractivity contribution in [2.75, 3.05) is 19.8 Å². The average molecular weight is 327 g/mol.